The number of ether oxygens (including phenoxy) is 2. The minimum Gasteiger partial charge on any atom is -0.497 e. The van der Waals surface area contributed by atoms with Gasteiger partial charge in [0.25, 0.3) is 0 Å². The highest BCUT2D eigenvalue weighted by atomic mass is 35.5. The number of pyridine rings is 1. The zero-order valence-corrected chi connectivity index (χ0v) is 13.8. The summed E-state index contributed by atoms with van der Waals surface area (Å²) >= 11 is 5.76. The Balaban J connectivity index is 2.04. The monoisotopic (exact) mass is 335 g/mol. The van der Waals surface area contributed by atoms with Crippen LogP contribution in [0.5, 0.6) is 11.5 Å². The average molecular weight is 336 g/mol. The minimum atomic E-state index is -0.491. The van der Waals surface area contributed by atoms with Gasteiger partial charge in [0.15, 0.2) is 0 Å². The Morgan fingerprint density at radius 3 is 2.61 bits per heavy atom. The smallest absolute Gasteiger partial charge is 0.247 e. The fourth-order valence-corrected chi connectivity index (χ4v) is 2.01. The molecular weight excluding hydrogens is 318 g/mol. The molecule has 2 aromatic rings. The van der Waals surface area contributed by atoms with Crippen molar-refractivity contribution in [2.24, 2.45) is 0 Å². The Morgan fingerprint density at radius 1 is 1.22 bits per heavy atom. The lowest BCUT2D eigenvalue weighted by Gasteiger charge is -2.17. The van der Waals surface area contributed by atoms with Crippen molar-refractivity contribution in [2.45, 2.75) is 13.0 Å². The van der Waals surface area contributed by atoms with Crippen LogP contribution in [0.2, 0.25) is 5.02 Å². The number of nitrogens with zero attached hydrogens (tertiary/aromatic N) is 1. The van der Waals surface area contributed by atoms with E-state index in [1.165, 1.54) is 6.20 Å². The first kappa shape index (κ1) is 16.9. The lowest BCUT2D eigenvalue weighted by atomic mass is 10.2. The fourth-order valence-electron chi connectivity index (χ4n) is 1.90. The van der Waals surface area contributed by atoms with Gasteiger partial charge in [0, 0.05) is 12.3 Å². The van der Waals surface area contributed by atoms with Gasteiger partial charge in [0.05, 0.1) is 24.9 Å². The molecular formula is C16H18ClN3O3. The first-order valence-corrected chi connectivity index (χ1v) is 7.32. The van der Waals surface area contributed by atoms with Gasteiger partial charge in [-0.1, -0.05) is 11.6 Å². The molecule has 2 N–H and O–H groups in total. The molecule has 1 heterocycles. The molecule has 0 saturated carbocycles. The van der Waals surface area contributed by atoms with Crippen LogP contribution in [0.15, 0.2) is 36.5 Å². The molecule has 0 bridgehead atoms. The van der Waals surface area contributed by atoms with Gasteiger partial charge in [0.1, 0.15) is 23.4 Å². The SMILES string of the molecule is COc1ccc(NC(C)C(=O)Nc2ccc(Cl)cn2)c(OC)c1. The molecule has 6 nitrogen and oxygen atoms in total. The summed E-state index contributed by atoms with van der Waals surface area (Å²) in [5.41, 5.74) is 0.694. The van der Waals surface area contributed by atoms with E-state index in [9.17, 15) is 4.79 Å². The molecule has 1 aromatic heterocycles. The zero-order valence-electron chi connectivity index (χ0n) is 13.1. The number of hydrogen-bond donors (Lipinski definition) is 2. The maximum Gasteiger partial charge on any atom is 0.247 e. The van der Waals surface area contributed by atoms with Crippen LogP contribution in [-0.2, 0) is 4.79 Å². The summed E-state index contributed by atoms with van der Waals surface area (Å²) in [6.07, 6.45) is 1.47. The number of hydrogen-bond acceptors (Lipinski definition) is 5. The maximum absolute atomic E-state index is 12.2. The van der Waals surface area contributed by atoms with E-state index >= 15 is 0 Å². The van der Waals surface area contributed by atoms with Crippen LogP contribution in [0.1, 0.15) is 6.92 Å². The lowest BCUT2D eigenvalue weighted by Crippen LogP contribution is -2.32. The van der Waals surface area contributed by atoms with Crippen molar-refractivity contribution >= 4 is 29.0 Å². The van der Waals surface area contributed by atoms with E-state index in [1.807, 2.05) is 0 Å². The number of rotatable bonds is 6. The van der Waals surface area contributed by atoms with Crippen molar-refractivity contribution in [2.75, 3.05) is 24.9 Å². The largest absolute Gasteiger partial charge is 0.497 e. The summed E-state index contributed by atoms with van der Waals surface area (Å²) in [7, 11) is 3.14. The molecule has 2 rings (SSSR count). The molecule has 0 radical (unpaired) electrons. The Bertz CT molecular complexity index is 677. The summed E-state index contributed by atoms with van der Waals surface area (Å²) in [4.78, 5) is 16.2. The van der Waals surface area contributed by atoms with Crippen molar-refractivity contribution in [3.05, 3.63) is 41.6 Å². The highest BCUT2D eigenvalue weighted by molar-refractivity contribution is 6.30. The lowest BCUT2D eigenvalue weighted by molar-refractivity contribution is -0.116. The number of carbonyl (C=O) groups excluding carboxylic acids is 1. The van der Waals surface area contributed by atoms with E-state index < -0.39 is 6.04 Å². The first-order chi connectivity index (χ1) is 11.0. The fraction of sp³-hybridized carbons (Fsp3) is 0.250. The predicted octanol–water partition coefficient (Wildman–Crippen LogP) is 3.19. The standard InChI is InChI=1S/C16H18ClN3O3/c1-10(16(21)20-15-7-4-11(17)9-18-15)19-13-6-5-12(22-2)8-14(13)23-3/h4-10,19H,1-3H3,(H,18,20,21). The minimum absolute atomic E-state index is 0.224. The van der Waals surface area contributed by atoms with Crippen molar-refractivity contribution in [1.29, 1.82) is 0 Å². The van der Waals surface area contributed by atoms with Crippen LogP contribution in [-0.4, -0.2) is 31.2 Å². The molecule has 0 aliphatic carbocycles. The number of amides is 1. The molecule has 122 valence electrons. The van der Waals surface area contributed by atoms with E-state index in [0.29, 0.717) is 28.0 Å². The van der Waals surface area contributed by atoms with Gasteiger partial charge in [-0.2, -0.15) is 0 Å². The molecule has 1 unspecified atom stereocenters. The third-order valence-electron chi connectivity index (χ3n) is 3.15. The van der Waals surface area contributed by atoms with E-state index in [2.05, 4.69) is 15.6 Å². The van der Waals surface area contributed by atoms with E-state index in [1.54, 1.807) is 51.5 Å². The number of benzene rings is 1. The number of aromatic nitrogens is 1. The van der Waals surface area contributed by atoms with E-state index in [4.69, 9.17) is 21.1 Å². The molecule has 1 amide bonds. The van der Waals surface area contributed by atoms with Crippen molar-refractivity contribution in [3.8, 4) is 11.5 Å². The van der Waals surface area contributed by atoms with Crippen LogP contribution >= 0.6 is 11.6 Å². The molecule has 0 saturated heterocycles. The van der Waals surface area contributed by atoms with Gasteiger partial charge in [-0.15, -0.1) is 0 Å². The van der Waals surface area contributed by atoms with Crippen LogP contribution < -0.4 is 20.1 Å². The van der Waals surface area contributed by atoms with Gasteiger partial charge < -0.3 is 20.1 Å². The Hall–Kier alpha value is -2.47. The quantitative estimate of drug-likeness (QED) is 0.848. The van der Waals surface area contributed by atoms with Gasteiger partial charge in [-0.3, -0.25) is 4.79 Å². The molecule has 7 heteroatoms. The van der Waals surface area contributed by atoms with Crippen molar-refractivity contribution in [3.63, 3.8) is 0 Å². The highest BCUT2D eigenvalue weighted by Crippen LogP contribution is 2.29. The van der Waals surface area contributed by atoms with E-state index in [0.717, 1.165) is 0 Å². The number of nitrogens with one attached hydrogen (secondary N) is 2. The average Bonchev–Trinajstić information content (AvgIpc) is 2.57. The van der Waals surface area contributed by atoms with Crippen LogP contribution in [0.4, 0.5) is 11.5 Å². The molecule has 0 aliphatic rings. The zero-order chi connectivity index (χ0) is 16.8. The van der Waals surface area contributed by atoms with Crippen molar-refractivity contribution < 1.29 is 14.3 Å². The van der Waals surface area contributed by atoms with Gasteiger partial charge in [0.2, 0.25) is 5.91 Å². The molecule has 0 aliphatic heterocycles. The van der Waals surface area contributed by atoms with Crippen molar-refractivity contribution in [1.82, 2.24) is 4.98 Å². The Morgan fingerprint density at radius 2 is 2.00 bits per heavy atom. The maximum atomic E-state index is 12.2. The summed E-state index contributed by atoms with van der Waals surface area (Å²) in [6, 6.07) is 8.14. The highest BCUT2D eigenvalue weighted by Gasteiger charge is 2.15. The molecule has 1 atom stereocenters. The number of methoxy groups -OCH3 is 2. The first-order valence-electron chi connectivity index (χ1n) is 6.94. The predicted molar refractivity (Wildman–Crippen MR) is 90.5 cm³/mol. The molecule has 0 spiro atoms. The topological polar surface area (TPSA) is 72.5 Å². The number of anilines is 2. The third kappa shape index (κ3) is 4.50. The normalized spacial score (nSPS) is 11.5. The molecule has 1 aromatic carbocycles. The second-order valence-corrected chi connectivity index (χ2v) is 5.22. The van der Waals surface area contributed by atoms with Gasteiger partial charge in [-0.05, 0) is 31.2 Å². The third-order valence-corrected chi connectivity index (χ3v) is 3.38. The number of halogens is 1. The van der Waals surface area contributed by atoms with Crippen LogP contribution in [0, 0.1) is 0 Å². The van der Waals surface area contributed by atoms with Gasteiger partial charge >= 0.3 is 0 Å². The number of carbonyl (C=O) groups is 1. The van der Waals surface area contributed by atoms with Crippen LogP contribution in [0.25, 0.3) is 0 Å². The summed E-state index contributed by atoms with van der Waals surface area (Å²) in [5, 5.41) is 6.32. The van der Waals surface area contributed by atoms with E-state index in [-0.39, 0.29) is 5.91 Å². The Kier molecular flexibility index (Phi) is 5.65. The summed E-state index contributed by atoms with van der Waals surface area (Å²) in [6.45, 7) is 1.74. The molecule has 0 fully saturated rings. The summed E-state index contributed by atoms with van der Waals surface area (Å²) in [5.74, 6) is 1.48. The van der Waals surface area contributed by atoms with Crippen LogP contribution in [0.3, 0.4) is 0 Å². The Labute approximate surface area is 139 Å². The summed E-state index contributed by atoms with van der Waals surface area (Å²) < 4.78 is 10.4. The molecule has 23 heavy (non-hydrogen) atoms. The van der Waals surface area contributed by atoms with Gasteiger partial charge in [-0.25, -0.2) is 4.98 Å². The second kappa shape index (κ2) is 7.69. The second-order valence-electron chi connectivity index (χ2n) is 4.78.